The lowest BCUT2D eigenvalue weighted by Gasteiger charge is -2.17. The van der Waals surface area contributed by atoms with Gasteiger partial charge in [-0.3, -0.25) is 9.59 Å². The molecule has 0 radical (unpaired) electrons. The Morgan fingerprint density at radius 2 is 1.96 bits per heavy atom. The van der Waals surface area contributed by atoms with Gasteiger partial charge in [0.2, 0.25) is 11.8 Å². The summed E-state index contributed by atoms with van der Waals surface area (Å²) in [6.07, 6.45) is 2.91. The van der Waals surface area contributed by atoms with Crippen LogP contribution in [0.1, 0.15) is 43.7 Å². The van der Waals surface area contributed by atoms with Gasteiger partial charge in [0.15, 0.2) is 0 Å². The fraction of sp³-hybridized carbons (Fsp3) is 0.556. The molecule has 1 aromatic rings. The van der Waals surface area contributed by atoms with E-state index in [-0.39, 0.29) is 11.8 Å². The van der Waals surface area contributed by atoms with Crippen LogP contribution in [0.25, 0.3) is 0 Å². The minimum absolute atomic E-state index is 0.00620. The first-order valence-corrected chi connectivity index (χ1v) is 8.23. The minimum atomic E-state index is -0.444. The van der Waals surface area contributed by atoms with Crippen molar-refractivity contribution in [2.45, 2.75) is 44.9 Å². The van der Waals surface area contributed by atoms with E-state index in [1.165, 1.54) is 0 Å². The minimum Gasteiger partial charge on any atom is -0.496 e. The number of hydrogen-bond donors (Lipinski definition) is 2. The average Bonchev–Trinajstić information content (AvgIpc) is 3.35. The molecule has 23 heavy (non-hydrogen) atoms. The molecule has 1 aromatic carbocycles. The molecular formula is C18H26N2O3. The highest BCUT2D eigenvalue weighted by Gasteiger charge is 2.51. The number of benzene rings is 1. The lowest BCUT2D eigenvalue weighted by Crippen LogP contribution is -2.37. The predicted molar refractivity (Wildman–Crippen MR) is 89.6 cm³/mol. The van der Waals surface area contributed by atoms with E-state index < -0.39 is 5.41 Å². The number of methoxy groups -OCH3 is 1. The Morgan fingerprint density at radius 3 is 2.57 bits per heavy atom. The summed E-state index contributed by atoms with van der Waals surface area (Å²) in [5.74, 6) is 0.793. The number of rotatable bonds is 8. The molecule has 2 N–H and O–H groups in total. The molecular weight excluding hydrogens is 292 g/mol. The Hall–Kier alpha value is -2.04. The van der Waals surface area contributed by atoms with Crippen molar-refractivity contribution in [3.63, 3.8) is 0 Å². The largest absolute Gasteiger partial charge is 0.496 e. The number of aryl methyl sites for hydroxylation is 1. The Morgan fingerprint density at radius 1 is 1.22 bits per heavy atom. The number of carbonyl (C=O) groups excluding carboxylic acids is 2. The molecule has 1 aliphatic rings. The van der Waals surface area contributed by atoms with Crippen LogP contribution in [0.4, 0.5) is 0 Å². The molecule has 0 unspecified atom stereocenters. The first-order valence-electron chi connectivity index (χ1n) is 8.23. The van der Waals surface area contributed by atoms with Gasteiger partial charge in [0.05, 0.1) is 12.5 Å². The summed E-state index contributed by atoms with van der Waals surface area (Å²) >= 11 is 0. The quantitative estimate of drug-likeness (QED) is 0.771. The van der Waals surface area contributed by atoms with Crippen LogP contribution in [0, 0.1) is 6.92 Å². The molecule has 2 amide bonds. The van der Waals surface area contributed by atoms with E-state index in [4.69, 9.17) is 4.74 Å². The van der Waals surface area contributed by atoms with Gasteiger partial charge in [-0.25, -0.2) is 0 Å². The van der Waals surface area contributed by atoms with E-state index in [1.54, 1.807) is 7.11 Å². The van der Waals surface area contributed by atoms with Crippen LogP contribution < -0.4 is 15.4 Å². The van der Waals surface area contributed by atoms with E-state index in [9.17, 15) is 9.59 Å². The second kappa shape index (κ2) is 7.49. The summed E-state index contributed by atoms with van der Waals surface area (Å²) in [5.41, 5.74) is 1.61. The molecule has 0 bridgehead atoms. The maximum absolute atomic E-state index is 12.5. The van der Waals surface area contributed by atoms with Gasteiger partial charge in [0.25, 0.3) is 0 Å². The summed E-state index contributed by atoms with van der Waals surface area (Å²) < 4.78 is 5.35. The van der Waals surface area contributed by atoms with Gasteiger partial charge in [0, 0.05) is 19.5 Å². The van der Waals surface area contributed by atoms with Crippen molar-refractivity contribution in [3.8, 4) is 5.75 Å². The first kappa shape index (κ1) is 17.3. The second-order valence-electron chi connectivity index (χ2n) is 6.12. The van der Waals surface area contributed by atoms with Crippen molar-refractivity contribution in [1.82, 2.24) is 10.6 Å². The normalized spacial score (nSPS) is 14.9. The molecule has 5 heteroatoms. The van der Waals surface area contributed by atoms with Crippen LogP contribution in [0.3, 0.4) is 0 Å². The molecule has 0 spiro atoms. The number of amides is 2. The zero-order valence-corrected chi connectivity index (χ0v) is 14.2. The van der Waals surface area contributed by atoms with Crippen LogP contribution in [-0.4, -0.2) is 32.0 Å². The van der Waals surface area contributed by atoms with Crippen LogP contribution in [0.15, 0.2) is 18.2 Å². The van der Waals surface area contributed by atoms with Crippen LogP contribution >= 0.6 is 0 Å². The maximum atomic E-state index is 12.5. The number of ether oxygens (including phenoxy) is 1. The lowest BCUT2D eigenvalue weighted by atomic mass is 9.93. The van der Waals surface area contributed by atoms with Crippen LogP contribution in [0.5, 0.6) is 5.75 Å². The SMILES string of the molecule is CCCNC(=O)CCNC(=O)C1(c2ccc(C)c(OC)c2)CC1. The van der Waals surface area contributed by atoms with Gasteiger partial charge in [-0.2, -0.15) is 0 Å². The molecule has 0 heterocycles. The third-order valence-corrected chi connectivity index (χ3v) is 4.36. The fourth-order valence-electron chi connectivity index (χ4n) is 2.70. The summed E-state index contributed by atoms with van der Waals surface area (Å²) in [6, 6.07) is 5.94. The van der Waals surface area contributed by atoms with Gasteiger partial charge in [-0.15, -0.1) is 0 Å². The van der Waals surface area contributed by atoms with Crippen molar-refractivity contribution >= 4 is 11.8 Å². The first-order chi connectivity index (χ1) is 11.0. The lowest BCUT2D eigenvalue weighted by molar-refractivity contribution is -0.124. The van der Waals surface area contributed by atoms with Crippen molar-refractivity contribution in [2.24, 2.45) is 0 Å². The topological polar surface area (TPSA) is 67.4 Å². The Bertz CT molecular complexity index is 580. The molecule has 126 valence electrons. The molecule has 5 nitrogen and oxygen atoms in total. The van der Waals surface area contributed by atoms with Crippen molar-refractivity contribution in [2.75, 3.05) is 20.2 Å². The second-order valence-corrected chi connectivity index (χ2v) is 6.12. The van der Waals surface area contributed by atoms with E-state index >= 15 is 0 Å². The average molecular weight is 318 g/mol. The van der Waals surface area contributed by atoms with Crippen LogP contribution in [-0.2, 0) is 15.0 Å². The summed E-state index contributed by atoms with van der Waals surface area (Å²) in [4.78, 5) is 24.1. The molecule has 1 fully saturated rings. The highest BCUT2D eigenvalue weighted by Crippen LogP contribution is 2.49. The number of nitrogens with one attached hydrogen (secondary N) is 2. The molecule has 0 aliphatic heterocycles. The zero-order chi connectivity index (χ0) is 16.9. The summed E-state index contributed by atoms with van der Waals surface area (Å²) in [6.45, 7) is 5.05. The highest BCUT2D eigenvalue weighted by molar-refractivity contribution is 5.91. The molecule has 2 rings (SSSR count). The smallest absolute Gasteiger partial charge is 0.230 e. The summed E-state index contributed by atoms with van der Waals surface area (Å²) in [7, 11) is 1.64. The van der Waals surface area contributed by atoms with Gasteiger partial charge < -0.3 is 15.4 Å². The van der Waals surface area contributed by atoms with E-state index in [1.807, 2.05) is 32.0 Å². The fourth-order valence-corrected chi connectivity index (χ4v) is 2.70. The van der Waals surface area contributed by atoms with Gasteiger partial charge in [0.1, 0.15) is 5.75 Å². The third kappa shape index (κ3) is 4.03. The van der Waals surface area contributed by atoms with Crippen molar-refractivity contribution in [3.05, 3.63) is 29.3 Å². The third-order valence-electron chi connectivity index (χ3n) is 4.36. The number of carbonyl (C=O) groups is 2. The maximum Gasteiger partial charge on any atom is 0.230 e. The number of hydrogen-bond acceptors (Lipinski definition) is 3. The highest BCUT2D eigenvalue weighted by atomic mass is 16.5. The Balaban J connectivity index is 1.92. The van der Waals surface area contributed by atoms with E-state index in [0.717, 1.165) is 36.1 Å². The standard InChI is InChI=1S/C18H26N2O3/c1-4-10-19-16(21)7-11-20-17(22)18(8-9-18)14-6-5-13(2)15(12-14)23-3/h5-6,12H,4,7-11H2,1-3H3,(H,19,21)(H,20,22). The molecule has 1 aliphatic carbocycles. The van der Waals surface area contributed by atoms with Crippen LogP contribution in [0.2, 0.25) is 0 Å². The van der Waals surface area contributed by atoms with Gasteiger partial charge >= 0.3 is 0 Å². The van der Waals surface area contributed by atoms with E-state index in [2.05, 4.69) is 10.6 Å². The Kier molecular flexibility index (Phi) is 5.64. The molecule has 1 saturated carbocycles. The van der Waals surface area contributed by atoms with Crippen molar-refractivity contribution < 1.29 is 14.3 Å². The summed E-state index contributed by atoms with van der Waals surface area (Å²) in [5, 5.41) is 5.71. The molecule has 0 aromatic heterocycles. The van der Waals surface area contributed by atoms with Gasteiger partial charge in [-0.1, -0.05) is 19.1 Å². The zero-order valence-electron chi connectivity index (χ0n) is 14.2. The van der Waals surface area contributed by atoms with Gasteiger partial charge in [-0.05, 0) is 43.4 Å². The van der Waals surface area contributed by atoms with E-state index in [0.29, 0.717) is 19.5 Å². The molecule has 0 atom stereocenters. The molecule has 0 saturated heterocycles. The monoisotopic (exact) mass is 318 g/mol. The Labute approximate surface area is 137 Å². The predicted octanol–water partition coefficient (Wildman–Crippen LogP) is 2.07. The van der Waals surface area contributed by atoms with Crippen molar-refractivity contribution in [1.29, 1.82) is 0 Å².